The second-order valence-corrected chi connectivity index (χ2v) is 7.07. The first-order valence-electron chi connectivity index (χ1n) is 9.61. The number of methoxy groups -OCH3 is 1. The molecule has 0 atom stereocenters. The molecule has 1 amide bonds. The summed E-state index contributed by atoms with van der Waals surface area (Å²) in [5, 5.41) is 3.58. The Morgan fingerprint density at radius 1 is 0.933 bits per heavy atom. The van der Waals surface area contributed by atoms with E-state index in [0.29, 0.717) is 22.2 Å². The van der Waals surface area contributed by atoms with Crippen molar-refractivity contribution in [3.05, 3.63) is 95.2 Å². The highest BCUT2D eigenvalue weighted by Gasteiger charge is 2.23. The highest BCUT2D eigenvalue weighted by Crippen LogP contribution is 2.32. The highest BCUT2D eigenvalue weighted by atomic mass is 16.5. The minimum absolute atomic E-state index is 0.128. The minimum atomic E-state index is -0.272. The summed E-state index contributed by atoms with van der Waals surface area (Å²) in [6, 6.07) is 21.8. The van der Waals surface area contributed by atoms with E-state index in [9.17, 15) is 9.59 Å². The Morgan fingerprint density at radius 2 is 1.63 bits per heavy atom. The normalized spacial score (nSPS) is 10.7. The molecule has 0 saturated carbocycles. The molecule has 1 aromatic heterocycles. The molecule has 1 N–H and O–H groups in total. The van der Waals surface area contributed by atoms with E-state index >= 15 is 0 Å². The van der Waals surface area contributed by atoms with Crippen LogP contribution in [-0.2, 0) is 11.2 Å². The zero-order chi connectivity index (χ0) is 21.1. The lowest BCUT2D eigenvalue weighted by molar-refractivity contribution is -0.115. The summed E-state index contributed by atoms with van der Waals surface area (Å²) in [7, 11) is 1.60. The molecule has 150 valence electrons. The van der Waals surface area contributed by atoms with Gasteiger partial charge in [0.25, 0.3) is 0 Å². The molecule has 0 unspecified atom stereocenters. The molecular weight excluding hydrogens is 378 g/mol. The maximum absolute atomic E-state index is 13.1. The second-order valence-electron chi connectivity index (χ2n) is 7.07. The summed E-state index contributed by atoms with van der Waals surface area (Å²) in [5.41, 5.74) is 3.35. The van der Waals surface area contributed by atoms with E-state index in [1.54, 1.807) is 25.3 Å². The predicted molar refractivity (Wildman–Crippen MR) is 116 cm³/mol. The van der Waals surface area contributed by atoms with Crippen LogP contribution in [0.2, 0.25) is 0 Å². The van der Waals surface area contributed by atoms with E-state index in [1.807, 2.05) is 61.5 Å². The van der Waals surface area contributed by atoms with Crippen LogP contribution in [0.4, 0.5) is 5.69 Å². The van der Waals surface area contributed by atoms with Gasteiger partial charge in [-0.2, -0.15) is 0 Å². The van der Waals surface area contributed by atoms with Gasteiger partial charge >= 0.3 is 0 Å². The van der Waals surface area contributed by atoms with Gasteiger partial charge in [0.2, 0.25) is 11.7 Å². The molecule has 5 nitrogen and oxygen atoms in total. The number of rotatable bonds is 6. The van der Waals surface area contributed by atoms with Crippen molar-refractivity contribution < 1.29 is 18.7 Å². The van der Waals surface area contributed by atoms with E-state index in [4.69, 9.17) is 9.15 Å². The monoisotopic (exact) mass is 399 g/mol. The van der Waals surface area contributed by atoms with Crippen molar-refractivity contribution >= 4 is 28.3 Å². The van der Waals surface area contributed by atoms with Crippen LogP contribution in [0.5, 0.6) is 5.75 Å². The van der Waals surface area contributed by atoms with Crippen LogP contribution >= 0.6 is 0 Å². The molecule has 4 aromatic rings. The van der Waals surface area contributed by atoms with Gasteiger partial charge in [-0.25, -0.2) is 0 Å². The maximum atomic E-state index is 13.1. The van der Waals surface area contributed by atoms with Crippen molar-refractivity contribution in [1.82, 2.24) is 0 Å². The third-order valence-electron chi connectivity index (χ3n) is 4.90. The number of anilines is 1. The molecule has 0 aliphatic carbocycles. The zero-order valence-electron chi connectivity index (χ0n) is 16.8. The Hall–Kier alpha value is -3.86. The first kappa shape index (κ1) is 19.5. The number of fused-ring (bicyclic) bond motifs is 1. The Kier molecular flexibility index (Phi) is 5.35. The number of nitrogens with one attached hydrogen (secondary N) is 1. The zero-order valence-corrected chi connectivity index (χ0v) is 16.8. The summed E-state index contributed by atoms with van der Waals surface area (Å²) in [5.74, 6) is 0.352. The number of hydrogen-bond acceptors (Lipinski definition) is 4. The lowest BCUT2D eigenvalue weighted by atomic mass is 10.1. The van der Waals surface area contributed by atoms with E-state index in [0.717, 1.165) is 16.9 Å². The van der Waals surface area contributed by atoms with Crippen LogP contribution in [0.25, 0.3) is 11.0 Å². The van der Waals surface area contributed by atoms with Crippen LogP contribution in [-0.4, -0.2) is 18.8 Å². The van der Waals surface area contributed by atoms with Crippen LogP contribution in [0.3, 0.4) is 0 Å². The number of ketones is 1. The van der Waals surface area contributed by atoms with Gasteiger partial charge in [0, 0.05) is 10.9 Å². The number of benzene rings is 3. The number of furan rings is 1. The SMILES string of the molecule is COc1ccc(CC(=O)Nc2c(C(=O)c3ccc(C)cc3)oc3ccccc23)cc1. The average molecular weight is 399 g/mol. The average Bonchev–Trinajstić information content (AvgIpc) is 3.12. The summed E-state index contributed by atoms with van der Waals surface area (Å²) >= 11 is 0. The molecule has 1 heterocycles. The van der Waals surface area contributed by atoms with E-state index < -0.39 is 0 Å². The van der Waals surface area contributed by atoms with E-state index in [2.05, 4.69) is 5.32 Å². The van der Waals surface area contributed by atoms with Crippen LogP contribution in [0.15, 0.2) is 77.2 Å². The van der Waals surface area contributed by atoms with Gasteiger partial charge in [0.05, 0.1) is 19.2 Å². The first-order valence-corrected chi connectivity index (χ1v) is 9.61. The van der Waals surface area contributed by atoms with Gasteiger partial charge < -0.3 is 14.5 Å². The minimum Gasteiger partial charge on any atom is -0.497 e. The topological polar surface area (TPSA) is 68.5 Å². The third kappa shape index (κ3) is 3.96. The number of amides is 1. The lowest BCUT2D eigenvalue weighted by Crippen LogP contribution is -2.16. The lowest BCUT2D eigenvalue weighted by Gasteiger charge is -2.07. The first-order chi connectivity index (χ1) is 14.5. The molecule has 0 radical (unpaired) electrons. The Labute approximate surface area is 174 Å². The number of ether oxygens (including phenoxy) is 1. The number of carbonyl (C=O) groups excluding carboxylic acids is 2. The Balaban J connectivity index is 1.65. The van der Waals surface area contributed by atoms with Crippen LogP contribution in [0.1, 0.15) is 27.2 Å². The molecule has 0 saturated heterocycles. The number of para-hydroxylation sites is 1. The van der Waals surface area contributed by atoms with Gasteiger partial charge in [-0.05, 0) is 36.8 Å². The summed E-state index contributed by atoms with van der Waals surface area (Å²) in [4.78, 5) is 25.8. The molecule has 3 aromatic carbocycles. The molecule has 0 aliphatic rings. The summed E-state index contributed by atoms with van der Waals surface area (Å²) in [6.07, 6.45) is 0.168. The Bertz CT molecular complexity index is 1200. The highest BCUT2D eigenvalue weighted by molar-refractivity contribution is 6.17. The molecule has 0 bridgehead atoms. The smallest absolute Gasteiger partial charge is 0.230 e. The molecular formula is C25H21NO4. The van der Waals surface area contributed by atoms with Gasteiger partial charge in [-0.15, -0.1) is 0 Å². The fraction of sp³-hybridized carbons (Fsp3) is 0.120. The van der Waals surface area contributed by atoms with Crippen molar-refractivity contribution in [2.75, 3.05) is 12.4 Å². The fourth-order valence-electron chi connectivity index (χ4n) is 3.28. The predicted octanol–water partition coefficient (Wildman–Crippen LogP) is 5.16. The molecule has 0 aliphatic heterocycles. The van der Waals surface area contributed by atoms with Crippen LogP contribution < -0.4 is 10.1 Å². The fourth-order valence-corrected chi connectivity index (χ4v) is 3.28. The van der Waals surface area contributed by atoms with Crippen molar-refractivity contribution in [2.24, 2.45) is 0 Å². The molecule has 0 fully saturated rings. The van der Waals surface area contributed by atoms with Gasteiger partial charge in [0.1, 0.15) is 11.3 Å². The Morgan fingerprint density at radius 3 is 2.33 bits per heavy atom. The largest absolute Gasteiger partial charge is 0.497 e. The maximum Gasteiger partial charge on any atom is 0.230 e. The van der Waals surface area contributed by atoms with Crippen molar-refractivity contribution in [3.8, 4) is 5.75 Å². The summed E-state index contributed by atoms with van der Waals surface area (Å²) < 4.78 is 11.0. The van der Waals surface area contributed by atoms with Crippen molar-refractivity contribution in [1.29, 1.82) is 0 Å². The second kappa shape index (κ2) is 8.25. The molecule has 30 heavy (non-hydrogen) atoms. The van der Waals surface area contributed by atoms with Gasteiger partial charge in [0.15, 0.2) is 5.76 Å². The standard InChI is InChI=1S/C25H21NO4/c1-16-7-11-18(12-8-16)24(28)25-23(20-5-3-4-6-21(20)30-25)26-22(27)15-17-9-13-19(29-2)14-10-17/h3-14H,15H2,1-2H3,(H,26,27). The van der Waals surface area contributed by atoms with Crippen LogP contribution in [0, 0.1) is 6.92 Å². The number of carbonyl (C=O) groups is 2. The van der Waals surface area contributed by atoms with E-state index in [-0.39, 0.29) is 23.9 Å². The van der Waals surface area contributed by atoms with Gasteiger partial charge in [-0.1, -0.05) is 54.1 Å². The molecule has 4 rings (SSSR count). The molecule has 5 heteroatoms. The van der Waals surface area contributed by atoms with Crippen molar-refractivity contribution in [2.45, 2.75) is 13.3 Å². The number of hydrogen-bond donors (Lipinski definition) is 1. The van der Waals surface area contributed by atoms with E-state index in [1.165, 1.54) is 0 Å². The molecule has 0 spiro atoms. The van der Waals surface area contributed by atoms with Gasteiger partial charge in [-0.3, -0.25) is 9.59 Å². The summed E-state index contributed by atoms with van der Waals surface area (Å²) in [6.45, 7) is 1.96. The third-order valence-corrected chi connectivity index (χ3v) is 4.90. The quantitative estimate of drug-likeness (QED) is 0.455. The van der Waals surface area contributed by atoms with Crippen molar-refractivity contribution in [3.63, 3.8) is 0 Å². The number of aryl methyl sites for hydroxylation is 1.